The van der Waals surface area contributed by atoms with Crippen LogP contribution >= 0.6 is 0 Å². The summed E-state index contributed by atoms with van der Waals surface area (Å²) in [5.74, 6) is 0.840. The zero-order chi connectivity index (χ0) is 17.9. The Morgan fingerprint density at radius 2 is 1.77 bits per heavy atom. The molecule has 0 spiro atoms. The third kappa shape index (κ3) is 3.45. The van der Waals surface area contributed by atoms with E-state index in [9.17, 15) is 4.39 Å². The Hall–Kier alpha value is -2.02. The van der Waals surface area contributed by atoms with Crippen LogP contribution in [0.15, 0.2) is 24.3 Å². The Balaban J connectivity index is 1.44. The van der Waals surface area contributed by atoms with E-state index in [1.165, 1.54) is 37.8 Å². The van der Waals surface area contributed by atoms with Gasteiger partial charge in [0.2, 0.25) is 0 Å². The zero-order valence-electron chi connectivity index (χ0n) is 15.4. The molecule has 6 nitrogen and oxygen atoms in total. The molecule has 2 aliphatic rings. The summed E-state index contributed by atoms with van der Waals surface area (Å²) in [5.41, 5.74) is 1.09. The van der Waals surface area contributed by atoms with Crippen molar-refractivity contribution in [1.82, 2.24) is 25.1 Å². The molecule has 1 aliphatic heterocycles. The molecule has 1 aliphatic carbocycles. The number of benzene rings is 1. The van der Waals surface area contributed by atoms with Gasteiger partial charge >= 0.3 is 0 Å². The van der Waals surface area contributed by atoms with Crippen molar-refractivity contribution in [2.24, 2.45) is 0 Å². The van der Waals surface area contributed by atoms with Crippen LogP contribution in [0.1, 0.15) is 56.9 Å². The van der Waals surface area contributed by atoms with Crippen LogP contribution in [0.2, 0.25) is 0 Å². The lowest BCUT2D eigenvalue weighted by Crippen LogP contribution is -2.48. The number of piperazine rings is 1. The smallest absolute Gasteiger partial charge is 0.168 e. The fraction of sp³-hybridized carbons (Fsp3) is 0.632. The predicted octanol–water partition coefficient (Wildman–Crippen LogP) is 3.20. The normalized spacial score (nSPS) is 20.6. The van der Waals surface area contributed by atoms with Gasteiger partial charge in [-0.3, -0.25) is 4.90 Å². The topological polar surface area (TPSA) is 50.1 Å². The first-order valence-electron chi connectivity index (χ1n) is 9.78. The van der Waals surface area contributed by atoms with E-state index in [0.717, 1.165) is 44.1 Å². The fourth-order valence-corrected chi connectivity index (χ4v) is 4.38. The summed E-state index contributed by atoms with van der Waals surface area (Å²) in [6.07, 6.45) is 5.93. The highest BCUT2D eigenvalue weighted by atomic mass is 19.1. The van der Waals surface area contributed by atoms with E-state index in [0.29, 0.717) is 6.04 Å². The molecule has 1 saturated carbocycles. The number of hydrogen-bond acceptors (Lipinski definition) is 5. The first kappa shape index (κ1) is 17.4. The second-order valence-corrected chi connectivity index (χ2v) is 7.34. The molecule has 4 rings (SSSR count). The minimum atomic E-state index is -0.183. The Morgan fingerprint density at radius 1 is 1.08 bits per heavy atom. The van der Waals surface area contributed by atoms with Crippen LogP contribution < -0.4 is 4.90 Å². The van der Waals surface area contributed by atoms with E-state index >= 15 is 0 Å². The van der Waals surface area contributed by atoms with E-state index in [4.69, 9.17) is 0 Å². The lowest BCUT2D eigenvalue weighted by molar-refractivity contribution is 0.166. The SMILES string of the molecule is CC[C@H](c1nnnn1C1CCCC1)N1CCN(c2ccc(F)cc2)CC1. The summed E-state index contributed by atoms with van der Waals surface area (Å²) in [4.78, 5) is 4.82. The number of nitrogens with zero attached hydrogens (tertiary/aromatic N) is 6. The second kappa shape index (κ2) is 7.70. The Labute approximate surface area is 154 Å². The largest absolute Gasteiger partial charge is 0.369 e. The summed E-state index contributed by atoms with van der Waals surface area (Å²) >= 11 is 0. The average Bonchev–Trinajstić information content (AvgIpc) is 3.35. The van der Waals surface area contributed by atoms with Gasteiger partial charge in [-0.1, -0.05) is 19.8 Å². The first-order chi connectivity index (χ1) is 12.8. The molecule has 0 amide bonds. The summed E-state index contributed by atoms with van der Waals surface area (Å²) in [6.45, 7) is 6.02. The molecular weight excluding hydrogens is 331 g/mol. The van der Waals surface area contributed by atoms with Crippen molar-refractivity contribution in [2.45, 2.75) is 51.1 Å². The molecule has 0 N–H and O–H groups in total. The molecular formula is C19H27FN6. The third-order valence-electron chi connectivity index (χ3n) is 5.82. The van der Waals surface area contributed by atoms with Gasteiger partial charge in [-0.05, 0) is 54.0 Å². The van der Waals surface area contributed by atoms with Crippen LogP contribution in [0, 0.1) is 5.82 Å². The van der Waals surface area contributed by atoms with Gasteiger partial charge in [-0.25, -0.2) is 9.07 Å². The monoisotopic (exact) mass is 358 g/mol. The van der Waals surface area contributed by atoms with E-state index in [2.05, 4.69) is 36.9 Å². The Kier molecular flexibility index (Phi) is 5.15. The number of hydrogen-bond donors (Lipinski definition) is 0. The summed E-state index contributed by atoms with van der Waals surface area (Å²) < 4.78 is 15.2. The first-order valence-corrected chi connectivity index (χ1v) is 9.78. The molecule has 1 aromatic heterocycles. The molecule has 0 radical (unpaired) electrons. The van der Waals surface area contributed by atoms with E-state index in [1.54, 1.807) is 0 Å². The molecule has 2 aromatic rings. The van der Waals surface area contributed by atoms with Crippen molar-refractivity contribution < 1.29 is 4.39 Å². The Morgan fingerprint density at radius 3 is 2.42 bits per heavy atom. The lowest BCUT2D eigenvalue weighted by atomic mass is 10.1. The summed E-state index contributed by atoms with van der Waals surface area (Å²) in [6, 6.07) is 7.53. The van der Waals surface area contributed by atoms with Crippen LogP contribution in [-0.2, 0) is 0 Å². The van der Waals surface area contributed by atoms with Gasteiger partial charge in [0.25, 0.3) is 0 Å². The number of halogens is 1. The highest BCUT2D eigenvalue weighted by molar-refractivity contribution is 5.46. The molecule has 1 saturated heterocycles. The van der Waals surface area contributed by atoms with E-state index < -0.39 is 0 Å². The second-order valence-electron chi connectivity index (χ2n) is 7.34. The molecule has 1 aromatic carbocycles. The number of aromatic nitrogens is 4. The maximum atomic E-state index is 13.1. The van der Waals surface area contributed by atoms with Crippen molar-refractivity contribution in [1.29, 1.82) is 0 Å². The van der Waals surface area contributed by atoms with Crippen molar-refractivity contribution >= 4 is 5.69 Å². The third-order valence-corrected chi connectivity index (χ3v) is 5.82. The summed E-state index contributed by atoms with van der Waals surface area (Å²) in [5, 5.41) is 12.7. The van der Waals surface area contributed by atoms with Crippen molar-refractivity contribution in [3.63, 3.8) is 0 Å². The van der Waals surface area contributed by atoms with Gasteiger partial charge in [0.1, 0.15) is 5.82 Å². The van der Waals surface area contributed by atoms with Crippen molar-refractivity contribution in [2.75, 3.05) is 31.1 Å². The molecule has 7 heteroatoms. The van der Waals surface area contributed by atoms with Gasteiger partial charge in [0.15, 0.2) is 5.82 Å². The van der Waals surface area contributed by atoms with Gasteiger partial charge in [0, 0.05) is 31.9 Å². The van der Waals surface area contributed by atoms with Crippen LogP contribution in [0.3, 0.4) is 0 Å². The molecule has 0 unspecified atom stereocenters. The van der Waals surface area contributed by atoms with E-state index in [-0.39, 0.29) is 11.9 Å². The van der Waals surface area contributed by atoms with Gasteiger partial charge < -0.3 is 4.90 Å². The minimum absolute atomic E-state index is 0.183. The maximum Gasteiger partial charge on any atom is 0.168 e. The van der Waals surface area contributed by atoms with Crippen molar-refractivity contribution in [3.05, 3.63) is 35.9 Å². The van der Waals surface area contributed by atoms with Gasteiger partial charge in [-0.15, -0.1) is 5.10 Å². The molecule has 2 heterocycles. The molecule has 2 fully saturated rings. The molecule has 0 bridgehead atoms. The quantitative estimate of drug-likeness (QED) is 0.821. The standard InChI is InChI=1S/C19H27FN6/c1-2-18(19-21-22-23-26(19)17-5-3-4-6-17)25-13-11-24(12-14-25)16-9-7-15(20)8-10-16/h7-10,17-18H,2-6,11-14H2,1H3/t18-/m1/s1. The fourth-order valence-electron chi connectivity index (χ4n) is 4.38. The lowest BCUT2D eigenvalue weighted by Gasteiger charge is -2.39. The molecule has 140 valence electrons. The van der Waals surface area contributed by atoms with Crippen LogP contribution in [-0.4, -0.2) is 51.3 Å². The van der Waals surface area contributed by atoms with Crippen LogP contribution in [0.25, 0.3) is 0 Å². The minimum Gasteiger partial charge on any atom is -0.369 e. The van der Waals surface area contributed by atoms with Gasteiger partial charge in [0.05, 0.1) is 12.1 Å². The van der Waals surface area contributed by atoms with Gasteiger partial charge in [-0.2, -0.15) is 0 Å². The zero-order valence-corrected chi connectivity index (χ0v) is 15.4. The number of anilines is 1. The number of rotatable bonds is 5. The number of tetrazole rings is 1. The Bertz CT molecular complexity index is 701. The van der Waals surface area contributed by atoms with Crippen molar-refractivity contribution in [3.8, 4) is 0 Å². The molecule has 1 atom stereocenters. The highest BCUT2D eigenvalue weighted by Gasteiger charge is 2.30. The van der Waals surface area contributed by atoms with Crippen LogP contribution in [0.4, 0.5) is 10.1 Å². The highest BCUT2D eigenvalue weighted by Crippen LogP contribution is 2.33. The molecule has 26 heavy (non-hydrogen) atoms. The average molecular weight is 358 g/mol. The van der Waals surface area contributed by atoms with E-state index in [1.807, 2.05) is 12.1 Å². The predicted molar refractivity (Wildman–Crippen MR) is 98.5 cm³/mol. The summed E-state index contributed by atoms with van der Waals surface area (Å²) in [7, 11) is 0. The maximum absolute atomic E-state index is 13.1. The van der Waals surface area contributed by atoms with Crippen LogP contribution in [0.5, 0.6) is 0 Å².